The van der Waals surface area contributed by atoms with Crippen molar-refractivity contribution < 1.29 is 128 Å². The maximum absolute atomic E-state index is 11.7. The molecule has 0 aliphatic carbocycles. The zero-order chi connectivity index (χ0) is 20.6. The molecule has 0 aliphatic heterocycles. The SMILES string of the molecule is O=S(=O)([O-])c1ccc2ccc3c(S(=O)(=O)[O-])cc(S(=O)(=O)[O-])c4ccc1c2c34.[Na+].[Na+].[Na+]. The number of benzene rings is 4. The van der Waals surface area contributed by atoms with Crippen LogP contribution < -0.4 is 88.7 Å². The van der Waals surface area contributed by atoms with Crippen LogP contribution >= 0.6 is 0 Å². The molecule has 31 heavy (non-hydrogen) atoms. The molecule has 0 aliphatic rings. The number of rotatable bonds is 3. The van der Waals surface area contributed by atoms with Crippen molar-refractivity contribution in [2.75, 3.05) is 0 Å². The maximum Gasteiger partial charge on any atom is 1.00 e. The van der Waals surface area contributed by atoms with Crippen LogP contribution in [0.5, 0.6) is 0 Å². The van der Waals surface area contributed by atoms with E-state index in [1.165, 1.54) is 18.2 Å². The normalized spacial score (nSPS) is 12.4. The van der Waals surface area contributed by atoms with E-state index >= 15 is 0 Å². The van der Waals surface area contributed by atoms with Crippen LogP contribution in [0.25, 0.3) is 32.3 Å². The van der Waals surface area contributed by atoms with Gasteiger partial charge in [-0.25, -0.2) is 25.3 Å². The third kappa shape index (κ3) is 5.19. The molecule has 4 aromatic carbocycles. The largest absolute Gasteiger partial charge is 1.00 e. The summed E-state index contributed by atoms with van der Waals surface area (Å²) in [7, 11) is -15.3. The first-order chi connectivity index (χ1) is 12.8. The fourth-order valence-electron chi connectivity index (χ4n) is 3.44. The van der Waals surface area contributed by atoms with Gasteiger partial charge in [-0.05, 0) is 28.3 Å². The number of hydrogen-bond donors (Lipinski definition) is 0. The molecule has 0 amide bonds. The summed E-state index contributed by atoms with van der Waals surface area (Å²) in [4.78, 5) is -2.46. The van der Waals surface area contributed by atoms with Gasteiger partial charge >= 0.3 is 88.7 Å². The Morgan fingerprint density at radius 1 is 0.484 bits per heavy atom. The van der Waals surface area contributed by atoms with Crippen molar-refractivity contribution in [3.63, 3.8) is 0 Å². The predicted molar refractivity (Wildman–Crippen MR) is 94.0 cm³/mol. The first-order valence-corrected chi connectivity index (χ1v) is 11.6. The average molecular weight is 508 g/mol. The van der Waals surface area contributed by atoms with Gasteiger partial charge in [0.1, 0.15) is 30.4 Å². The molecule has 4 rings (SSSR count). The predicted octanol–water partition coefficient (Wildman–Crippen LogP) is -7.69. The van der Waals surface area contributed by atoms with E-state index in [0.29, 0.717) is 11.5 Å². The van der Waals surface area contributed by atoms with Gasteiger partial charge in [0.15, 0.2) is 0 Å². The summed E-state index contributed by atoms with van der Waals surface area (Å²) in [6.45, 7) is 0. The Morgan fingerprint density at radius 3 is 1.26 bits per heavy atom. The molecule has 0 spiro atoms. The second-order valence-corrected chi connectivity index (χ2v) is 10.1. The first kappa shape index (κ1) is 29.7. The monoisotopic (exact) mass is 508 g/mol. The molecule has 0 heterocycles. The van der Waals surface area contributed by atoms with Crippen LogP contribution in [-0.4, -0.2) is 38.9 Å². The fraction of sp³-hybridized carbons (Fsp3) is 0. The van der Waals surface area contributed by atoms with Gasteiger partial charge in [-0.1, -0.05) is 30.3 Å². The molecule has 0 saturated carbocycles. The summed E-state index contributed by atoms with van der Waals surface area (Å²) in [5, 5.41) is -0.142. The molecule has 146 valence electrons. The topological polar surface area (TPSA) is 172 Å². The summed E-state index contributed by atoms with van der Waals surface area (Å²) in [6.07, 6.45) is 0. The van der Waals surface area contributed by atoms with Crippen molar-refractivity contribution in [3.05, 3.63) is 42.5 Å². The molecule has 0 bridgehead atoms. The molecular formula is C16H7Na3O9S3. The minimum Gasteiger partial charge on any atom is -0.744 e. The van der Waals surface area contributed by atoms with E-state index in [-0.39, 0.29) is 116 Å². The molecule has 15 heteroatoms. The van der Waals surface area contributed by atoms with Crippen LogP contribution in [0.4, 0.5) is 0 Å². The third-order valence-electron chi connectivity index (χ3n) is 4.47. The van der Waals surface area contributed by atoms with E-state index in [9.17, 15) is 38.9 Å². The molecule has 9 nitrogen and oxygen atoms in total. The average Bonchev–Trinajstić information content (AvgIpc) is 2.55. The fourth-order valence-corrected chi connectivity index (χ4v) is 5.59. The second kappa shape index (κ2) is 9.72. The van der Waals surface area contributed by atoms with Crippen LogP contribution in [0.1, 0.15) is 0 Å². The van der Waals surface area contributed by atoms with E-state index < -0.39 is 45.0 Å². The molecule has 0 aromatic heterocycles. The van der Waals surface area contributed by atoms with Gasteiger partial charge in [-0.2, -0.15) is 0 Å². The standard InChI is InChI=1S/C16H10O9S3.3Na/c17-26(18,19)12-6-2-8-1-3-10-13(27(20,21)22)7-14(28(23,24)25)11-5-4-9(12)15(8)16(10)11;;;/h1-7H,(H,17,18,19)(H,20,21,22)(H,23,24,25);;;/q;3*+1/p-3. The minimum atomic E-state index is -5.18. The van der Waals surface area contributed by atoms with Crippen LogP contribution in [-0.2, 0) is 30.4 Å². The van der Waals surface area contributed by atoms with Crippen LogP contribution in [0, 0.1) is 0 Å². The minimum absolute atomic E-state index is 0. The molecule has 0 N–H and O–H groups in total. The van der Waals surface area contributed by atoms with Gasteiger partial charge in [-0.3, -0.25) is 0 Å². The van der Waals surface area contributed by atoms with E-state index in [0.717, 1.165) is 18.2 Å². The molecule has 0 unspecified atom stereocenters. The Bertz CT molecular complexity index is 1580. The molecule has 0 radical (unpaired) electrons. The quantitative estimate of drug-likeness (QED) is 0.148. The Labute approximate surface area is 244 Å². The van der Waals surface area contributed by atoms with Crippen molar-refractivity contribution in [1.82, 2.24) is 0 Å². The smallest absolute Gasteiger partial charge is 0.744 e. The number of hydrogen-bond acceptors (Lipinski definition) is 9. The van der Waals surface area contributed by atoms with Crippen molar-refractivity contribution in [3.8, 4) is 0 Å². The molecule has 0 atom stereocenters. The van der Waals surface area contributed by atoms with E-state index in [1.807, 2.05) is 0 Å². The molecule has 4 aromatic rings. The van der Waals surface area contributed by atoms with Crippen molar-refractivity contribution in [1.29, 1.82) is 0 Å². The summed E-state index contributed by atoms with van der Waals surface area (Å²) >= 11 is 0. The van der Waals surface area contributed by atoms with E-state index in [1.54, 1.807) is 0 Å². The summed E-state index contributed by atoms with van der Waals surface area (Å²) in [5.74, 6) is 0. The Kier molecular flexibility index (Phi) is 9.31. The summed E-state index contributed by atoms with van der Waals surface area (Å²) < 4.78 is 105. The van der Waals surface area contributed by atoms with Gasteiger partial charge in [0, 0.05) is 16.2 Å². The van der Waals surface area contributed by atoms with Crippen LogP contribution in [0.2, 0.25) is 0 Å². The Hall–Kier alpha value is 0.650. The zero-order valence-corrected chi connectivity index (χ0v) is 24.9. The Balaban J connectivity index is 0.00000160. The maximum atomic E-state index is 11.7. The van der Waals surface area contributed by atoms with Crippen LogP contribution in [0.3, 0.4) is 0 Å². The van der Waals surface area contributed by atoms with Gasteiger partial charge in [0.05, 0.1) is 14.7 Å². The van der Waals surface area contributed by atoms with Crippen molar-refractivity contribution in [2.24, 2.45) is 0 Å². The Morgan fingerprint density at radius 2 is 0.839 bits per heavy atom. The molecule has 0 fully saturated rings. The first-order valence-electron chi connectivity index (χ1n) is 7.42. The van der Waals surface area contributed by atoms with E-state index in [2.05, 4.69) is 0 Å². The van der Waals surface area contributed by atoms with Crippen molar-refractivity contribution in [2.45, 2.75) is 14.7 Å². The third-order valence-corrected chi connectivity index (χ3v) is 7.12. The van der Waals surface area contributed by atoms with E-state index in [4.69, 9.17) is 0 Å². The van der Waals surface area contributed by atoms with Gasteiger partial charge in [-0.15, -0.1) is 0 Å². The van der Waals surface area contributed by atoms with Crippen LogP contribution in [0.15, 0.2) is 57.2 Å². The zero-order valence-electron chi connectivity index (χ0n) is 16.4. The van der Waals surface area contributed by atoms with Gasteiger partial charge < -0.3 is 13.7 Å². The summed E-state index contributed by atoms with van der Waals surface area (Å²) in [5.41, 5.74) is 0. The van der Waals surface area contributed by atoms with Crippen molar-refractivity contribution >= 4 is 62.7 Å². The second-order valence-electron chi connectivity index (χ2n) is 6.05. The summed E-state index contributed by atoms with van der Waals surface area (Å²) in [6, 6.07) is 7.76. The van der Waals surface area contributed by atoms with Gasteiger partial charge in [0.25, 0.3) is 0 Å². The van der Waals surface area contributed by atoms with Gasteiger partial charge in [0.2, 0.25) is 0 Å². The molecule has 0 saturated heterocycles. The molecular weight excluding hydrogens is 501 g/mol.